The van der Waals surface area contributed by atoms with Crippen molar-refractivity contribution in [2.45, 2.75) is 13.3 Å². The molecule has 0 saturated heterocycles. The summed E-state index contributed by atoms with van der Waals surface area (Å²) >= 11 is 5.48. The van der Waals surface area contributed by atoms with Gasteiger partial charge in [-0.05, 0) is 6.92 Å². The molecule has 6 heteroatoms. The first-order chi connectivity index (χ1) is 6.45. The van der Waals surface area contributed by atoms with Gasteiger partial charge in [-0.3, -0.25) is 10.1 Å². The smallest absolute Gasteiger partial charge is 0.258 e. The van der Waals surface area contributed by atoms with Crippen molar-refractivity contribution in [3.63, 3.8) is 0 Å². The van der Waals surface area contributed by atoms with Crippen LogP contribution < -0.4 is 0 Å². The Kier molecular flexibility index (Phi) is 3.00. The van der Waals surface area contributed by atoms with Crippen molar-refractivity contribution in [3.8, 4) is 0 Å². The van der Waals surface area contributed by atoms with Crippen molar-refractivity contribution >= 4 is 17.3 Å². The summed E-state index contributed by atoms with van der Waals surface area (Å²) < 4.78 is 24.6. The lowest BCUT2D eigenvalue weighted by molar-refractivity contribution is -0.385. The van der Waals surface area contributed by atoms with Crippen LogP contribution >= 0.6 is 11.6 Å². The molecule has 1 rings (SSSR count). The van der Waals surface area contributed by atoms with E-state index in [1.165, 1.54) is 13.0 Å². The Labute approximate surface area is 83.4 Å². The molecule has 0 saturated carbocycles. The Morgan fingerprint density at radius 2 is 2.07 bits per heavy atom. The second-order valence-electron chi connectivity index (χ2n) is 2.69. The van der Waals surface area contributed by atoms with E-state index in [2.05, 4.69) is 0 Å². The summed E-state index contributed by atoms with van der Waals surface area (Å²) in [4.78, 5) is 9.73. The zero-order valence-corrected chi connectivity index (χ0v) is 7.89. The standard InChI is InChI=1S/C8H6ClF2NO2/c1-4-2-3-5(8(10)11)6(9)7(4)12(13)14/h2-3,8H,1H3. The van der Waals surface area contributed by atoms with E-state index in [-0.39, 0.29) is 5.56 Å². The zero-order valence-electron chi connectivity index (χ0n) is 7.13. The second kappa shape index (κ2) is 3.88. The lowest BCUT2D eigenvalue weighted by Gasteiger charge is -2.05. The highest BCUT2D eigenvalue weighted by Crippen LogP contribution is 2.36. The van der Waals surface area contributed by atoms with E-state index in [0.717, 1.165) is 6.07 Å². The van der Waals surface area contributed by atoms with Gasteiger partial charge >= 0.3 is 0 Å². The maximum atomic E-state index is 12.3. The molecule has 3 nitrogen and oxygen atoms in total. The van der Waals surface area contributed by atoms with E-state index in [1.54, 1.807) is 0 Å². The van der Waals surface area contributed by atoms with Gasteiger partial charge < -0.3 is 0 Å². The van der Waals surface area contributed by atoms with Gasteiger partial charge in [0.2, 0.25) is 0 Å². The molecule has 0 aromatic heterocycles. The van der Waals surface area contributed by atoms with E-state index in [9.17, 15) is 18.9 Å². The maximum Gasteiger partial charge on any atom is 0.291 e. The molecular formula is C8H6ClF2NO2. The summed E-state index contributed by atoms with van der Waals surface area (Å²) in [5.74, 6) is 0. The van der Waals surface area contributed by atoms with Crippen LogP contribution in [0.2, 0.25) is 5.02 Å². The number of hydrogen-bond acceptors (Lipinski definition) is 2. The Bertz CT molecular complexity index is 382. The van der Waals surface area contributed by atoms with Gasteiger partial charge in [-0.25, -0.2) is 8.78 Å². The van der Waals surface area contributed by atoms with Gasteiger partial charge in [-0.1, -0.05) is 23.7 Å². The van der Waals surface area contributed by atoms with Gasteiger partial charge in [0.1, 0.15) is 5.02 Å². The Morgan fingerprint density at radius 1 is 1.50 bits per heavy atom. The first-order valence-corrected chi connectivity index (χ1v) is 4.04. The van der Waals surface area contributed by atoms with Gasteiger partial charge in [0.05, 0.1) is 4.92 Å². The van der Waals surface area contributed by atoms with E-state index in [4.69, 9.17) is 11.6 Å². The summed E-state index contributed by atoms with van der Waals surface area (Å²) in [7, 11) is 0. The summed E-state index contributed by atoms with van der Waals surface area (Å²) in [6.45, 7) is 1.44. The van der Waals surface area contributed by atoms with Crippen molar-refractivity contribution in [1.82, 2.24) is 0 Å². The molecule has 14 heavy (non-hydrogen) atoms. The molecule has 0 heterocycles. The quantitative estimate of drug-likeness (QED) is 0.567. The third-order valence-electron chi connectivity index (χ3n) is 1.77. The average Bonchev–Trinajstić information content (AvgIpc) is 2.02. The molecular weight excluding hydrogens is 216 g/mol. The fraction of sp³-hybridized carbons (Fsp3) is 0.250. The molecule has 0 atom stereocenters. The van der Waals surface area contributed by atoms with Crippen LogP contribution in [0.15, 0.2) is 12.1 Å². The molecule has 0 amide bonds. The van der Waals surface area contributed by atoms with Crippen LogP contribution in [0, 0.1) is 17.0 Å². The first kappa shape index (κ1) is 10.8. The van der Waals surface area contributed by atoms with Crippen LogP contribution in [0.1, 0.15) is 17.6 Å². The predicted octanol–water partition coefficient (Wildman–Crippen LogP) is 3.49. The SMILES string of the molecule is Cc1ccc(C(F)F)c(Cl)c1[N+](=O)[O-]. The van der Waals surface area contributed by atoms with E-state index in [0.29, 0.717) is 0 Å². The van der Waals surface area contributed by atoms with Crippen LogP contribution in [0.25, 0.3) is 0 Å². The summed E-state index contributed by atoms with van der Waals surface area (Å²) in [6, 6.07) is 2.35. The molecule has 0 aliphatic rings. The number of nitro benzene ring substituents is 1. The van der Waals surface area contributed by atoms with Crippen LogP contribution in [-0.2, 0) is 0 Å². The topological polar surface area (TPSA) is 43.1 Å². The van der Waals surface area contributed by atoms with E-state index < -0.39 is 27.6 Å². The molecule has 0 bridgehead atoms. The predicted molar refractivity (Wildman–Crippen MR) is 47.8 cm³/mol. The molecule has 0 fully saturated rings. The number of rotatable bonds is 2. The molecule has 0 N–H and O–H groups in total. The van der Waals surface area contributed by atoms with Crippen LogP contribution in [0.4, 0.5) is 14.5 Å². The fourth-order valence-electron chi connectivity index (χ4n) is 1.07. The van der Waals surface area contributed by atoms with Crippen molar-refractivity contribution in [3.05, 3.63) is 38.4 Å². The Morgan fingerprint density at radius 3 is 2.50 bits per heavy atom. The van der Waals surface area contributed by atoms with Crippen molar-refractivity contribution in [2.75, 3.05) is 0 Å². The third-order valence-corrected chi connectivity index (χ3v) is 2.16. The molecule has 0 unspecified atom stereocenters. The van der Waals surface area contributed by atoms with Gasteiger partial charge in [0.15, 0.2) is 0 Å². The molecule has 1 aromatic rings. The highest BCUT2D eigenvalue weighted by molar-refractivity contribution is 6.33. The van der Waals surface area contributed by atoms with Gasteiger partial charge in [0, 0.05) is 11.1 Å². The molecule has 0 spiro atoms. The van der Waals surface area contributed by atoms with Gasteiger partial charge in [-0.2, -0.15) is 0 Å². The summed E-state index contributed by atoms with van der Waals surface area (Å²) in [5, 5.41) is 10.0. The number of aryl methyl sites for hydroxylation is 1. The van der Waals surface area contributed by atoms with Crippen molar-refractivity contribution < 1.29 is 13.7 Å². The highest BCUT2D eigenvalue weighted by Gasteiger charge is 2.23. The molecule has 0 radical (unpaired) electrons. The largest absolute Gasteiger partial charge is 0.291 e. The Hall–Kier alpha value is -1.23. The number of benzene rings is 1. The minimum Gasteiger partial charge on any atom is -0.258 e. The summed E-state index contributed by atoms with van der Waals surface area (Å²) in [5.41, 5.74) is -0.696. The highest BCUT2D eigenvalue weighted by atomic mass is 35.5. The van der Waals surface area contributed by atoms with Crippen molar-refractivity contribution in [1.29, 1.82) is 0 Å². The van der Waals surface area contributed by atoms with Crippen LogP contribution in [0.3, 0.4) is 0 Å². The number of nitro groups is 1. The lowest BCUT2D eigenvalue weighted by atomic mass is 10.1. The molecule has 76 valence electrons. The van der Waals surface area contributed by atoms with Gasteiger partial charge in [0.25, 0.3) is 12.1 Å². The molecule has 0 aliphatic heterocycles. The lowest BCUT2D eigenvalue weighted by Crippen LogP contribution is -1.96. The number of halogens is 3. The Balaban J connectivity index is 3.41. The third kappa shape index (κ3) is 1.82. The normalized spacial score (nSPS) is 10.6. The number of nitrogens with zero attached hydrogens (tertiary/aromatic N) is 1. The monoisotopic (exact) mass is 221 g/mol. The zero-order chi connectivity index (χ0) is 10.9. The minimum absolute atomic E-state index is 0.268. The van der Waals surface area contributed by atoms with E-state index >= 15 is 0 Å². The van der Waals surface area contributed by atoms with Crippen LogP contribution in [0.5, 0.6) is 0 Å². The van der Waals surface area contributed by atoms with Crippen LogP contribution in [-0.4, -0.2) is 4.92 Å². The molecule has 0 aliphatic carbocycles. The van der Waals surface area contributed by atoms with Crippen molar-refractivity contribution in [2.24, 2.45) is 0 Å². The van der Waals surface area contributed by atoms with E-state index in [1.807, 2.05) is 0 Å². The molecule has 1 aromatic carbocycles. The maximum absolute atomic E-state index is 12.3. The average molecular weight is 222 g/mol. The summed E-state index contributed by atoms with van der Waals surface area (Å²) in [6.07, 6.45) is -2.80. The first-order valence-electron chi connectivity index (χ1n) is 3.66. The van der Waals surface area contributed by atoms with Gasteiger partial charge in [-0.15, -0.1) is 0 Å². The minimum atomic E-state index is -2.80. The number of alkyl halides is 2. The second-order valence-corrected chi connectivity index (χ2v) is 3.07. The number of hydrogen-bond donors (Lipinski definition) is 0. The fourth-order valence-corrected chi connectivity index (χ4v) is 1.43.